The van der Waals surface area contributed by atoms with Gasteiger partial charge in [-0.2, -0.15) is 18.2 Å². The van der Waals surface area contributed by atoms with Crippen molar-refractivity contribution in [3.63, 3.8) is 0 Å². The molecule has 3 heterocycles. The number of hydrogen-bond acceptors (Lipinski definition) is 5. The number of alkyl halides is 3. The Kier molecular flexibility index (Phi) is 6.73. The molecule has 0 atom stereocenters. The number of aromatic nitrogens is 4. The van der Waals surface area contributed by atoms with Gasteiger partial charge >= 0.3 is 6.18 Å². The van der Waals surface area contributed by atoms with Gasteiger partial charge in [0.2, 0.25) is 0 Å². The highest BCUT2D eigenvalue weighted by atomic mass is 32.1. The van der Waals surface area contributed by atoms with Crippen LogP contribution in [0.4, 0.5) is 18.9 Å². The number of hydrogen-bond donors (Lipinski definition) is 1. The molecule has 1 aliphatic heterocycles. The molecule has 0 aliphatic carbocycles. The van der Waals surface area contributed by atoms with Gasteiger partial charge in [-0.15, -0.1) is 0 Å². The van der Waals surface area contributed by atoms with Gasteiger partial charge in [-0.25, -0.2) is 4.98 Å². The molecule has 0 radical (unpaired) electrons. The number of imidazole rings is 1. The monoisotopic (exact) mass is 512 g/mol. The molecule has 0 spiro atoms. The number of halogens is 3. The number of likely N-dealkylation sites (tertiary alicyclic amines) is 1. The highest BCUT2D eigenvalue weighted by Crippen LogP contribution is 2.35. The molecule has 36 heavy (non-hydrogen) atoms. The van der Waals surface area contributed by atoms with E-state index in [2.05, 4.69) is 20.4 Å². The van der Waals surface area contributed by atoms with Crippen molar-refractivity contribution in [1.29, 1.82) is 0 Å². The van der Waals surface area contributed by atoms with Crippen molar-refractivity contribution in [2.45, 2.75) is 31.5 Å². The lowest BCUT2D eigenvalue weighted by atomic mass is 9.96. The fraction of sp³-hybridized carbons (Fsp3) is 0.280. The van der Waals surface area contributed by atoms with Gasteiger partial charge in [-0.1, -0.05) is 35.5 Å². The van der Waals surface area contributed by atoms with E-state index in [9.17, 15) is 13.2 Å². The number of anilines is 1. The minimum absolute atomic E-state index is 0.0392. The summed E-state index contributed by atoms with van der Waals surface area (Å²) >= 11 is 5.43. The molecule has 0 amide bonds. The van der Waals surface area contributed by atoms with Crippen LogP contribution in [-0.4, -0.2) is 42.8 Å². The molecule has 2 aromatic heterocycles. The minimum atomic E-state index is -4.45. The van der Waals surface area contributed by atoms with E-state index in [0.29, 0.717) is 31.3 Å². The zero-order valence-corrected chi connectivity index (χ0v) is 20.0. The van der Waals surface area contributed by atoms with Crippen molar-refractivity contribution in [2.75, 3.05) is 18.4 Å². The predicted molar refractivity (Wildman–Crippen MR) is 132 cm³/mol. The summed E-state index contributed by atoms with van der Waals surface area (Å²) in [7, 11) is 0. The maximum Gasteiger partial charge on any atom is 0.418 e. The summed E-state index contributed by atoms with van der Waals surface area (Å²) in [5.41, 5.74) is 0.0840. The largest absolute Gasteiger partial charge is 0.418 e. The lowest BCUT2D eigenvalue weighted by Crippen LogP contribution is -2.41. The summed E-state index contributed by atoms with van der Waals surface area (Å²) in [6, 6.07) is 14.9. The number of nitrogens with zero attached hydrogens (tertiary/aromatic N) is 5. The molecule has 2 aromatic carbocycles. The van der Waals surface area contributed by atoms with Gasteiger partial charge in [0, 0.05) is 37.0 Å². The first kappa shape index (κ1) is 24.0. The normalized spacial score (nSPS) is 14.7. The van der Waals surface area contributed by atoms with E-state index in [1.165, 1.54) is 12.1 Å². The molecular weight excluding hydrogens is 489 g/mol. The molecule has 0 bridgehead atoms. The second-order valence-corrected chi connectivity index (χ2v) is 8.92. The Morgan fingerprint density at radius 3 is 2.53 bits per heavy atom. The molecule has 4 aromatic rings. The van der Waals surface area contributed by atoms with Crippen LogP contribution in [0.15, 0.2) is 71.5 Å². The second-order valence-electron chi connectivity index (χ2n) is 8.53. The molecule has 1 aliphatic rings. The lowest BCUT2D eigenvalue weighted by molar-refractivity contribution is -0.136. The van der Waals surface area contributed by atoms with Gasteiger partial charge < -0.3 is 19.3 Å². The molecule has 7 nitrogen and oxygen atoms in total. The van der Waals surface area contributed by atoms with Crippen LogP contribution in [0.1, 0.15) is 36.0 Å². The molecule has 5 rings (SSSR count). The minimum Gasteiger partial charge on any atom is -0.349 e. The molecule has 1 saturated heterocycles. The standard InChI is InChI=1S/C25H23F3N6OS/c26-25(27,28)19-8-4-5-9-20(19)30-24(36)33-13-10-17(11-14-33)22-29-12-15-34(22)16-21-31-23(35-32-21)18-6-2-1-3-7-18/h1-9,12,15,17H,10-11,13-14,16H2,(H,30,36). The van der Waals surface area contributed by atoms with Crippen LogP contribution in [0.3, 0.4) is 0 Å². The average molecular weight is 513 g/mol. The van der Waals surface area contributed by atoms with Crippen molar-refractivity contribution < 1.29 is 17.7 Å². The molecule has 11 heteroatoms. The maximum absolute atomic E-state index is 13.3. The number of benzene rings is 2. The molecule has 186 valence electrons. The Morgan fingerprint density at radius 1 is 1.06 bits per heavy atom. The third kappa shape index (κ3) is 5.25. The first-order valence-electron chi connectivity index (χ1n) is 11.5. The summed E-state index contributed by atoms with van der Waals surface area (Å²) in [5.74, 6) is 2.12. The molecule has 0 unspecified atom stereocenters. The fourth-order valence-electron chi connectivity index (χ4n) is 4.36. The van der Waals surface area contributed by atoms with Crippen LogP contribution >= 0.6 is 12.2 Å². The van der Waals surface area contributed by atoms with Crippen molar-refractivity contribution in [2.24, 2.45) is 0 Å². The van der Waals surface area contributed by atoms with Crippen molar-refractivity contribution in [1.82, 2.24) is 24.6 Å². The zero-order chi connectivity index (χ0) is 25.1. The van der Waals surface area contributed by atoms with Gasteiger partial charge in [-0.05, 0) is 49.3 Å². The van der Waals surface area contributed by atoms with Gasteiger partial charge in [0.05, 0.1) is 17.8 Å². The molecule has 1 fully saturated rings. The van der Waals surface area contributed by atoms with Crippen molar-refractivity contribution >= 4 is 23.0 Å². The summed E-state index contributed by atoms with van der Waals surface area (Å²) in [6.07, 6.45) is 0.715. The Labute approximate surface area is 211 Å². The van der Waals surface area contributed by atoms with Gasteiger partial charge in [0.1, 0.15) is 5.82 Å². The van der Waals surface area contributed by atoms with E-state index in [4.69, 9.17) is 16.7 Å². The number of para-hydroxylation sites is 1. The Hall–Kier alpha value is -3.73. The van der Waals surface area contributed by atoms with E-state index < -0.39 is 11.7 Å². The quantitative estimate of drug-likeness (QED) is 0.350. The topological polar surface area (TPSA) is 72.0 Å². The smallest absolute Gasteiger partial charge is 0.349 e. The van der Waals surface area contributed by atoms with Gasteiger partial charge in [0.25, 0.3) is 5.89 Å². The summed E-state index contributed by atoms with van der Waals surface area (Å²) in [4.78, 5) is 11.0. The summed E-state index contributed by atoms with van der Waals surface area (Å²) in [6.45, 7) is 1.65. The van der Waals surface area contributed by atoms with E-state index in [-0.39, 0.29) is 16.7 Å². The molecule has 1 N–H and O–H groups in total. The highest BCUT2D eigenvalue weighted by Gasteiger charge is 2.34. The Balaban J connectivity index is 1.21. The van der Waals surface area contributed by atoms with Crippen LogP contribution in [0, 0.1) is 0 Å². The number of thiocarbonyl (C=S) groups is 1. The number of piperidine rings is 1. The van der Waals surface area contributed by atoms with E-state index >= 15 is 0 Å². The van der Waals surface area contributed by atoms with Crippen molar-refractivity contribution in [3.8, 4) is 11.5 Å². The summed E-state index contributed by atoms with van der Waals surface area (Å²) in [5, 5.41) is 7.18. The number of rotatable bonds is 5. The number of nitrogens with one attached hydrogen (secondary N) is 1. The molecule has 0 saturated carbocycles. The van der Waals surface area contributed by atoms with Gasteiger partial charge in [-0.3, -0.25) is 0 Å². The Bertz CT molecular complexity index is 1330. The van der Waals surface area contributed by atoms with Gasteiger partial charge in [0.15, 0.2) is 10.9 Å². The van der Waals surface area contributed by atoms with Crippen molar-refractivity contribution in [3.05, 3.63) is 84.2 Å². The van der Waals surface area contributed by atoms with E-state index in [1.807, 2.05) is 46.0 Å². The van der Waals surface area contributed by atoms with Crippen LogP contribution in [-0.2, 0) is 12.7 Å². The first-order chi connectivity index (χ1) is 17.4. The van der Waals surface area contributed by atoms with Crippen LogP contribution in [0.2, 0.25) is 0 Å². The highest BCUT2D eigenvalue weighted by molar-refractivity contribution is 7.80. The SMILES string of the molecule is FC(F)(F)c1ccccc1NC(=S)N1CCC(c2nccn2Cc2noc(-c3ccccc3)n2)CC1. The maximum atomic E-state index is 13.3. The predicted octanol–water partition coefficient (Wildman–Crippen LogP) is 5.58. The zero-order valence-electron chi connectivity index (χ0n) is 19.2. The van der Waals surface area contributed by atoms with Crippen LogP contribution in [0.25, 0.3) is 11.5 Å². The lowest BCUT2D eigenvalue weighted by Gasteiger charge is -2.34. The molecular formula is C25H23F3N6OS. The fourth-order valence-corrected chi connectivity index (χ4v) is 4.65. The second kappa shape index (κ2) is 10.1. The third-order valence-corrected chi connectivity index (χ3v) is 6.53. The summed E-state index contributed by atoms with van der Waals surface area (Å²) < 4.78 is 47.4. The third-order valence-electron chi connectivity index (χ3n) is 6.17. The van der Waals surface area contributed by atoms with E-state index in [0.717, 1.165) is 30.3 Å². The van der Waals surface area contributed by atoms with E-state index in [1.54, 1.807) is 12.3 Å². The average Bonchev–Trinajstić information content (AvgIpc) is 3.54. The van der Waals surface area contributed by atoms with Crippen LogP contribution in [0.5, 0.6) is 0 Å². The van der Waals surface area contributed by atoms with Crippen LogP contribution < -0.4 is 5.32 Å². The first-order valence-corrected chi connectivity index (χ1v) is 11.9. The Morgan fingerprint density at radius 2 is 1.78 bits per heavy atom.